The highest BCUT2D eigenvalue weighted by Crippen LogP contribution is 2.31. The maximum absolute atomic E-state index is 12.9. The summed E-state index contributed by atoms with van der Waals surface area (Å²) in [5.41, 5.74) is 4.42. The van der Waals surface area contributed by atoms with E-state index >= 15 is 0 Å². The van der Waals surface area contributed by atoms with E-state index in [2.05, 4.69) is 0 Å². The van der Waals surface area contributed by atoms with Crippen molar-refractivity contribution in [2.45, 2.75) is 45.1 Å². The number of rotatable bonds is 2. The Balaban J connectivity index is 1.83. The van der Waals surface area contributed by atoms with Crippen molar-refractivity contribution in [2.75, 3.05) is 6.61 Å². The van der Waals surface area contributed by atoms with Crippen molar-refractivity contribution in [3.63, 3.8) is 0 Å². The Hall–Kier alpha value is -2.43. The Morgan fingerprint density at radius 1 is 1.29 bits per heavy atom. The summed E-state index contributed by atoms with van der Waals surface area (Å²) in [4.78, 5) is 29.3. The van der Waals surface area contributed by atoms with Crippen LogP contribution < -0.4 is 0 Å². The number of carbonyl (C=O) groups excluding carboxylic acids is 2. The highest BCUT2D eigenvalue weighted by molar-refractivity contribution is 6.06. The molecule has 2 aliphatic rings. The number of aromatic nitrogens is 1. The molecule has 4 rings (SSSR count). The van der Waals surface area contributed by atoms with Gasteiger partial charge in [0, 0.05) is 17.5 Å². The molecule has 24 heavy (non-hydrogen) atoms. The molecule has 0 amide bonds. The number of cyclic esters (lactones) is 1. The van der Waals surface area contributed by atoms with Crippen molar-refractivity contribution in [3.8, 4) is 0 Å². The summed E-state index contributed by atoms with van der Waals surface area (Å²) in [7, 11) is 0. The molecule has 0 unspecified atom stereocenters. The van der Waals surface area contributed by atoms with Gasteiger partial charge in [-0.2, -0.15) is 0 Å². The zero-order valence-corrected chi connectivity index (χ0v) is 13.6. The van der Waals surface area contributed by atoms with Crippen molar-refractivity contribution in [1.82, 2.24) is 4.98 Å². The zero-order chi connectivity index (χ0) is 16.7. The first kappa shape index (κ1) is 15.1. The largest absolute Gasteiger partial charge is 0.463 e. The van der Waals surface area contributed by atoms with E-state index in [1.54, 1.807) is 0 Å². The lowest BCUT2D eigenvalue weighted by molar-refractivity contribution is -0.145. The molecule has 1 aromatic carbocycles. The third kappa shape index (κ3) is 2.54. The van der Waals surface area contributed by atoms with Crippen LogP contribution in [0.25, 0.3) is 10.9 Å². The Bertz CT molecular complexity index is 843. The highest BCUT2D eigenvalue weighted by Gasteiger charge is 2.32. The van der Waals surface area contributed by atoms with Crippen molar-refractivity contribution >= 4 is 22.8 Å². The Morgan fingerprint density at radius 2 is 2.12 bits per heavy atom. The van der Waals surface area contributed by atoms with Gasteiger partial charge >= 0.3 is 11.9 Å². The molecular formula is C19H19NO4. The second-order valence-corrected chi connectivity index (χ2v) is 6.49. The molecule has 1 atom stereocenters. The van der Waals surface area contributed by atoms with Crippen LogP contribution in [0.5, 0.6) is 0 Å². The van der Waals surface area contributed by atoms with Gasteiger partial charge in [-0.05, 0) is 50.3 Å². The van der Waals surface area contributed by atoms with Gasteiger partial charge in [0.25, 0.3) is 0 Å². The average molecular weight is 325 g/mol. The monoisotopic (exact) mass is 325 g/mol. The van der Waals surface area contributed by atoms with Gasteiger partial charge in [-0.25, -0.2) is 9.59 Å². The van der Waals surface area contributed by atoms with Gasteiger partial charge in [0.1, 0.15) is 0 Å². The van der Waals surface area contributed by atoms with Gasteiger partial charge in [-0.3, -0.25) is 4.98 Å². The Kier molecular flexibility index (Phi) is 3.71. The van der Waals surface area contributed by atoms with E-state index in [0.29, 0.717) is 18.6 Å². The number of nitrogens with zero attached hydrogens (tertiary/aromatic N) is 1. The van der Waals surface area contributed by atoms with Crippen LogP contribution in [0, 0.1) is 6.92 Å². The molecule has 5 nitrogen and oxygen atoms in total. The van der Waals surface area contributed by atoms with Gasteiger partial charge in [0.05, 0.1) is 17.7 Å². The van der Waals surface area contributed by atoms with E-state index < -0.39 is 18.0 Å². The van der Waals surface area contributed by atoms with E-state index in [1.165, 1.54) is 0 Å². The molecule has 1 saturated heterocycles. The van der Waals surface area contributed by atoms with Crippen LogP contribution in [-0.4, -0.2) is 29.6 Å². The van der Waals surface area contributed by atoms with Crippen LogP contribution in [-0.2, 0) is 27.1 Å². The number of pyridine rings is 1. The van der Waals surface area contributed by atoms with Crippen LogP contribution in [0.3, 0.4) is 0 Å². The molecule has 0 bridgehead atoms. The number of esters is 2. The molecule has 0 saturated carbocycles. The minimum atomic E-state index is -0.787. The predicted molar refractivity (Wildman–Crippen MR) is 87.9 cm³/mol. The molecule has 1 aromatic heterocycles. The number of fused-ring (bicyclic) bond motifs is 2. The molecule has 2 aromatic rings. The first-order valence-electron chi connectivity index (χ1n) is 8.43. The molecule has 2 heterocycles. The third-order valence-electron chi connectivity index (χ3n) is 4.76. The van der Waals surface area contributed by atoms with E-state index in [4.69, 9.17) is 14.5 Å². The number of benzene rings is 1. The van der Waals surface area contributed by atoms with Gasteiger partial charge < -0.3 is 9.47 Å². The lowest BCUT2D eigenvalue weighted by atomic mass is 9.89. The summed E-state index contributed by atoms with van der Waals surface area (Å²) < 4.78 is 10.4. The second-order valence-electron chi connectivity index (χ2n) is 6.49. The van der Waals surface area contributed by atoms with Crippen molar-refractivity contribution in [1.29, 1.82) is 0 Å². The molecule has 1 aliphatic carbocycles. The lowest BCUT2D eigenvalue weighted by Crippen LogP contribution is -2.24. The SMILES string of the molecule is Cc1ccc2nc3c(c(C(=O)O[C@@H]4CCOC4=O)c2c1)CCCC3. The lowest BCUT2D eigenvalue weighted by Gasteiger charge is -2.20. The van der Waals surface area contributed by atoms with Gasteiger partial charge in [-0.1, -0.05) is 11.6 Å². The molecular weight excluding hydrogens is 306 g/mol. The normalized spacial score (nSPS) is 19.9. The number of hydrogen-bond acceptors (Lipinski definition) is 5. The molecule has 124 valence electrons. The summed E-state index contributed by atoms with van der Waals surface area (Å²) in [6, 6.07) is 5.91. The quantitative estimate of drug-likeness (QED) is 0.794. The van der Waals surface area contributed by atoms with Gasteiger partial charge in [0.2, 0.25) is 6.10 Å². The second kappa shape index (κ2) is 5.89. The van der Waals surface area contributed by atoms with Crippen molar-refractivity contribution in [3.05, 3.63) is 40.6 Å². The average Bonchev–Trinajstić information content (AvgIpc) is 2.97. The van der Waals surface area contributed by atoms with Crippen molar-refractivity contribution in [2.24, 2.45) is 0 Å². The van der Waals surface area contributed by atoms with E-state index in [1.807, 2.05) is 25.1 Å². The molecule has 0 spiro atoms. The predicted octanol–water partition coefficient (Wildman–Crippen LogP) is 2.89. The third-order valence-corrected chi connectivity index (χ3v) is 4.76. The number of carbonyl (C=O) groups is 2. The Morgan fingerprint density at radius 3 is 2.92 bits per heavy atom. The van der Waals surface area contributed by atoms with E-state index in [-0.39, 0.29) is 0 Å². The summed E-state index contributed by atoms with van der Waals surface area (Å²) in [5, 5.41) is 0.812. The summed E-state index contributed by atoms with van der Waals surface area (Å²) in [6.45, 7) is 2.30. The van der Waals surface area contributed by atoms with E-state index in [9.17, 15) is 9.59 Å². The van der Waals surface area contributed by atoms with Crippen LogP contribution >= 0.6 is 0 Å². The Labute approximate surface area is 140 Å². The minimum absolute atomic E-state index is 0.311. The summed E-state index contributed by atoms with van der Waals surface area (Å²) in [6.07, 6.45) is 3.47. The minimum Gasteiger partial charge on any atom is -0.463 e. The number of aryl methyl sites for hydroxylation is 2. The first-order valence-corrected chi connectivity index (χ1v) is 8.43. The fourth-order valence-corrected chi connectivity index (χ4v) is 3.54. The molecule has 0 radical (unpaired) electrons. The summed E-state index contributed by atoms with van der Waals surface area (Å²) >= 11 is 0. The van der Waals surface area contributed by atoms with Crippen LogP contribution in [0.15, 0.2) is 18.2 Å². The van der Waals surface area contributed by atoms with E-state index in [0.717, 1.165) is 53.4 Å². The van der Waals surface area contributed by atoms with Crippen LogP contribution in [0.2, 0.25) is 0 Å². The smallest absolute Gasteiger partial charge is 0.347 e. The molecule has 1 fully saturated rings. The zero-order valence-electron chi connectivity index (χ0n) is 13.6. The number of ether oxygens (including phenoxy) is 2. The fourth-order valence-electron chi connectivity index (χ4n) is 3.54. The van der Waals surface area contributed by atoms with Gasteiger partial charge in [0.15, 0.2) is 0 Å². The molecule has 5 heteroatoms. The van der Waals surface area contributed by atoms with Gasteiger partial charge in [-0.15, -0.1) is 0 Å². The fraction of sp³-hybridized carbons (Fsp3) is 0.421. The highest BCUT2D eigenvalue weighted by atomic mass is 16.6. The van der Waals surface area contributed by atoms with Crippen LogP contribution in [0.4, 0.5) is 0 Å². The molecule has 0 N–H and O–H groups in total. The first-order chi connectivity index (χ1) is 11.6. The molecule has 1 aliphatic heterocycles. The maximum Gasteiger partial charge on any atom is 0.347 e. The van der Waals surface area contributed by atoms with Crippen molar-refractivity contribution < 1.29 is 19.1 Å². The topological polar surface area (TPSA) is 65.5 Å². The van der Waals surface area contributed by atoms with Crippen LogP contribution in [0.1, 0.15) is 46.4 Å². The standard InChI is InChI=1S/C19H19NO4/c1-11-6-7-15-13(10-11)17(12-4-2-3-5-14(12)20-15)19(22)24-16-8-9-23-18(16)21/h6-7,10,16H,2-5,8-9H2,1H3/t16-/m1/s1. The number of hydrogen-bond donors (Lipinski definition) is 0. The maximum atomic E-state index is 12.9. The summed E-state index contributed by atoms with van der Waals surface area (Å²) in [5.74, 6) is -0.887.